The van der Waals surface area contributed by atoms with Crippen LogP contribution in [0, 0.1) is 17.8 Å². The molecule has 0 radical (unpaired) electrons. The third kappa shape index (κ3) is 5.58. The van der Waals surface area contributed by atoms with E-state index in [4.69, 9.17) is 0 Å². The van der Waals surface area contributed by atoms with Gasteiger partial charge in [0.15, 0.2) is 0 Å². The molecule has 1 saturated carbocycles. The van der Waals surface area contributed by atoms with Gasteiger partial charge < -0.3 is 10.2 Å². The Hall–Kier alpha value is -1.84. The highest BCUT2D eigenvalue weighted by molar-refractivity contribution is 5.88. The van der Waals surface area contributed by atoms with Crippen molar-refractivity contribution in [1.82, 2.24) is 10.2 Å². The van der Waals surface area contributed by atoms with Crippen LogP contribution in [0.1, 0.15) is 58.9 Å². The summed E-state index contributed by atoms with van der Waals surface area (Å²) in [6.07, 6.45) is 4.09. The summed E-state index contributed by atoms with van der Waals surface area (Å²) in [6.45, 7) is 9.45. The van der Waals surface area contributed by atoms with Gasteiger partial charge in [0.1, 0.15) is 6.04 Å². The van der Waals surface area contributed by atoms with Gasteiger partial charge in [-0.3, -0.25) is 9.59 Å². The van der Waals surface area contributed by atoms with E-state index in [1.165, 1.54) is 0 Å². The minimum absolute atomic E-state index is 0.0175. The molecule has 0 bridgehead atoms. The van der Waals surface area contributed by atoms with Gasteiger partial charge in [-0.05, 0) is 50.0 Å². The Labute approximate surface area is 158 Å². The van der Waals surface area contributed by atoms with Crippen LogP contribution in [0.4, 0.5) is 0 Å². The second-order valence-electron chi connectivity index (χ2n) is 8.03. The number of nitrogens with one attached hydrogen (secondary N) is 1. The fourth-order valence-corrected chi connectivity index (χ4v) is 3.65. The van der Waals surface area contributed by atoms with Crippen LogP contribution < -0.4 is 5.32 Å². The Bertz CT molecular complexity index is 577. The summed E-state index contributed by atoms with van der Waals surface area (Å²) < 4.78 is 0. The van der Waals surface area contributed by atoms with Crippen LogP contribution in [0.5, 0.6) is 0 Å². The molecule has 1 N–H and O–H groups in total. The first-order chi connectivity index (χ1) is 12.4. The molecule has 2 amide bonds. The number of nitrogens with zero attached hydrogens (tertiary/aromatic N) is 1. The molecule has 4 nitrogen and oxygen atoms in total. The highest BCUT2D eigenvalue weighted by atomic mass is 16.2. The van der Waals surface area contributed by atoms with Gasteiger partial charge >= 0.3 is 0 Å². The van der Waals surface area contributed by atoms with Crippen molar-refractivity contribution in [3.05, 3.63) is 35.9 Å². The Morgan fingerprint density at radius 2 is 1.73 bits per heavy atom. The summed E-state index contributed by atoms with van der Waals surface area (Å²) in [5.41, 5.74) is 1.11. The minimum Gasteiger partial charge on any atom is -0.344 e. The number of carbonyl (C=O) groups is 2. The predicted molar refractivity (Wildman–Crippen MR) is 105 cm³/mol. The molecule has 1 unspecified atom stereocenters. The minimum atomic E-state index is -0.453. The van der Waals surface area contributed by atoms with Crippen LogP contribution >= 0.6 is 0 Å². The van der Waals surface area contributed by atoms with Crippen molar-refractivity contribution in [3.8, 4) is 0 Å². The quantitative estimate of drug-likeness (QED) is 0.801. The number of carbonyl (C=O) groups excluding carboxylic acids is 2. The Kier molecular flexibility index (Phi) is 7.67. The molecule has 26 heavy (non-hydrogen) atoms. The van der Waals surface area contributed by atoms with Gasteiger partial charge in [-0.15, -0.1) is 0 Å². The maximum atomic E-state index is 13.1. The third-order valence-electron chi connectivity index (χ3n) is 5.53. The van der Waals surface area contributed by atoms with Crippen molar-refractivity contribution in [2.75, 3.05) is 6.54 Å². The van der Waals surface area contributed by atoms with E-state index in [0.717, 1.165) is 31.2 Å². The second kappa shape index (κ2) is 9.75. The van der Waals surface area contributed by atoms with Crippen LogP contribution in [-0.4, -0.2) is 29.3 Å². The predicted octanol–water partition coefficient (Wildman–Crippen LogP) is 4.00. The van der Waals surface area contributed by atoms with E-state index in [0.29, 0.717) is 19.0 Å². The lowest BCUT2D eigenvalue weighted by Crippen LogP contribution is -2.52. The lowest BCUT2D eigenvalue weighted by Gasteiger charge is -2.31. The van der Waals surface area contributed by atoms with Crippen molar-refractivity contribution < 1.29 is 9.59 Å². The van der Waals surface area contributed by atoms with Crippen LogP contribution in [0.25, 0.3) is 0 Å². The summed E-state index contributed by atoms with van der Waals surface area (Å²) in [7, 11) is 0. The van der Waals surface area contributed by atoms with Crippen molar-refractivity contribution in [2.24, 2.45) is 17.8 Å². The second-order valence-corrected chi connectivity index (χ2v) is 8.03. The van der Waals surface area contributed by atoms with E-state index in [2.05, 4.69) is 12.2 Å². The van der Waals surface area contributed by atoms with Gasteiger partial charge in [0.05, 0.1) is 0 Å². The van der Waals surface area contributed by atoms with Crippen molar-refractivity contribution in [2.45, 2.75) is 66.0 Å². The average Bonchev–Trinajstić information content (AvgIpc) is 2.64. The average molecular weight is 359 g/mol. The summed E-state index contributed by atoms with van der Waals surface area (Å²) in [5, 5.41) is 3.07. The Morgan fingerprint density at radius 1 is 1.12 bits per heavy atom. The lowest BCUT2D eigenvalue weighted by molar-refractivity contribution is -0.139. The van der Waals surface area contributed by atoms with Gasteiger partial charge in [0, 0.05) is 19.0 Å². The third-order valence-corrected chi connectivity index (χ3v) is 5.53. The zero-order valence-electron chi connectivity index (χ0n) is 16.7. The van der Waals surface area contributed by atoms with E-state index in [1.54, 1.807) is 0 Å². The molecule has 1 aromatic rings. The first-order valence-corrected chi connectivity index (χ1v) is 10.1. The maximum absolute atomic E-state index is 13.1. The molecule has 144 valence electrons. The summed E-state index contributed by atoms with van der Waals surface area (Å²) >= 11 is 0. The van der Waals surface area contributed by atoms with E-state index < -0.39 is 6.04 Å². The molecule has 0 saturated heterocycles. The number of benzene rings is 1. The van der Waals surface area contributed by atoms with Gasteiger partial charge in [-0.2, -0.15) is 0 Å². The van der Waals surface area contributed by atoms with Crippen LogP contribution in [0.3, 0.4) is 0 Å². The monoisotopic (exact) mass is 358 g/mol. The lowest BCUT2D eigenvalue weighted by atomic mass is 9.82. The largest absolute Gasteiger partial charge is 0.344 e. The van der Waals surface area contributed by atoms with Crippen LogP contribution in [0.2, 0.25) is 0 Å². The summed E-state index contributed by atoms with van der Waals surface area (Å²) in [5.74, 6) is 0.912. The first-order valence-electron chi connectivity index (χ1n) is 10.1. The molecule has 0 aliphatic heterocycles. The topological polar surface area (TPSA) is 49.4 Å². The number of hydrogen-bond donors (Lipinski definition) is 1. The Balaban J connectivity index is 2.02. The highest BCUT2D eigenvalue weighted by Gasteiger charge is 2.31. The van der Waals surface area contributed by atoms with Gasteiger partial charge in [0.25, 0.3) is 0 Å². The van der Waals surface area contributed by atoms with Gasteiger partial charge in [-0.1, -0.05) is 51.1 Å². The summed E-state index contributed by atoms with van der Waals surface area (Å²) in [4.78, 5) is 27.6. The normalized spacial score (nSPS) is 21.3. The SMILES string of the molecule is CCN(Cc1ccccc1)C(=O)C(NC(=O)C1CCC(C)CC1)C(C)C. The van der Waals surface area contributed by atoms with E-state index >= 15 is 0 Å². The summed E-state index contributed by atoms with van der Waals surface area (Å²) in [6, 6.07) is 9.55. The number of amides is 2. The Morgan fingerprint density at radius 3 is 2.27 bits per heavy atom. The number of hydrogen-bond acceptors (Lipinski definition) is 2. The van der Waals surface area contributed by atoms with E-state index in [9.17, 15) is 9.59 Å². The van der Waals surface area contributed by atoms with Gasteiger partial charge in [0.2, 0.25) is 11.8 Å². The van der Waals surface area contributed by atoms with E-state index in [1.807, 2.05) is 56.0 Å². The molecule has 1 fully saturated rings. The maximum Gasteiger partial charge on any atom is 0.245 e. The van der Waals surface area contributed by atoms with Gasteiger partial charge in [-0.25, -0.2) is 0 Å². The molecule has 1 aliphatic carbocycles. The molecule has 2 rings (SSSR count). The molecule has 1 aliphatic rings. The molecule has 0 aromatic heterocycles. The van der Waals surface area contributed by atoms with Crippen molar-refractivity contribution in [1.29, 1.82) is 0 Å². The number of likely N-dealkylation sites (N-methyl/N-ethyl adjacent to an activating group) is 1. The molecule has 0 heterocycles. The molecule has 4 heteroatoms. The fourth-order valence-electron chi connectivity index (χ4n) is 3.65. The van der Waals surface area contributed by atoms with Crippen LogP contribution in [0.15, 0.2) is 30.3 Å². The fraction of sp³-hybridized carbons (Fsp3) is 0.636. The zero-order valence-corrected chi connectivity index (χ0v) is 16.7. The molecule has 1 atom stereocenters. The molecule has 1 aromatic carbocycles. The number of rotatable bonds is 7. The van der Waals surface area contributed by atoms with E-state index in [-0.39, 0.29) is 23.7 Å². The van der Waals surface area contributed by atoms with Crippen molar-refractivity contribution in [3.63, 3.8) is 0 Å². The smallest absolute Gasteiger partial charge is 0.245 e. The first kappa shape index (κ1) is 20.5. The molecular weight excluding hydrogens is 324 g/mol. The highest BCUT2D eigenvalue weighted by Crippen LogP contribution is 2.28. The van der Waals surface area contributed by atoms with Crippen molar-refractivity contribution >= 4 is 11.8 Å². The molecular formula is C22H34N2O2. The standard InChI is InChI=1S/C22H34N2O2/c1-5-24(15-18-9-7-6-8-10-18)22(26)20(16(2)3)23-21(25)19-13-11-17(4)12-14-19/h6-10,16-17,19-20H,5,11-15H2,1-4H3,(H,23,25). The molecule has 0 spiro atoms. The van der Waals surface area contributed by atoms with Crippen LogP contribution in [-0.2, 0) is 16.1 Å². The zero-order chi connectivity index (χ0) is 19.1.